The van der Waals surface area contributed by atoms with E-state index in [-0.39, 0.29) is 11.9 Å². The number of fused-ring (bicyclic) bond motifs is 1. The Balaban J connectivity index is 1.47. The molecule has 1 saturated heterocycles. The number of aryl methyl sites for hydroxylation is 2. The van der Waals surface area contributed by atoms with Crippen molar-refractivity contribution < 1.29 is 9.53 Å². The summed E-state index contributed by atoms with van der Waals surface area (Å²) in [5.74, 6) is 2.93. The molecule has 3 aromatic rings. The molecular formula is C25H31N5O2. The summed E-state index contributed by atoms with van der Waals surface area (Å²) in [6, 6.07) is 9.96. The monoisotopic (exact) mass is 433 g/mol. The number of hydrogen-bond donors (Lipinski definition) is 0. The Labute approximate surface area is 189 Å². The maximum absolute atomic E-state index is 13.8. The molecule has 1 fully saturated rings. The Morgan fingerprint density at radius 3 is 2.78 bits per heavy atom. The Morgan fingerprint density at radius 1 is 1.06 bits per heavy atom. The van der Waals surface area contributed by atoms with E-state index >= 15 is 0 Å². The minimum Gasteiger partial charge on any atom is -0.497 e. The molecule has 1 aromatic carbocycles. The topological polar surface area (TPSA) is 65.2 Å². The number of benzene rings is 1. The van der Waals surface area contributed by atoms with Crippen LogP contribution in [0.2, 0.25) is 0 Å². The van der Waals surface area contributed by atoms with Crippen molar-refractivity contribution in [3.63, 3.8) is 0 Å². The lowest BCUT2D eigenvalue weighted by Gasteiger charge is -2.25. The normalized spacial score (nSPS) is 18.5. The van der Waals surface area contributed by atoms with E-state index in [1.54, 1.807) is 7.11 Å². The van der Waals surface area contributed by atoms with Gasteiger partial charge >= 0.3 is 0 Å². The van der Waals surface area contributed by atoms with Crippen LogP contribution in [0.3, 0.4) is 0 Å². The smallest absolute Gasteiger partial charge is 0.256 e. The highest BCUT2D eigenvalue weighted by Gasteiger charge is 2.36. The van der Waals surface area contributed by atoms with Crippen LogP contribution < -0.4 is 4.74 Å². The van der Waals surface area contributed by atoms with E-state index in [9.17, 15) is 4.79 Å². The Morgan fingerprint density at radius 2 is 1.94 bits per heavy atom. The summed E-state index contributed by atoms with van der Waals surface area (Å²) >= 11 is 0. The van der Waals surface area contributed by atoms with Gasteiger partial charge in [0.25, 0.3) is 5.91 Å². The van der Waals surface area contributed by atoms with Gasteiger partial charge in [-0.05, 0) is 57.7 Å². The molecule has 7 heteroatoms. The van der Waals surface area contributed by atoms with Crippen LogP contribution >= 0.6 is 0 Å². The van der Waals surface area contributed by atoms with E-state index < -0.39 is 0 Å². The van der Waals surface area contributed by atoms with Gasteiger partial charge in [-0.15, -0.1) is 10.2 Å². The van der Waals surface area contributed by atoms with Crippen molar-refractivity contribution in [3.05, 3.63) is 58.9 Å². The fourth-order valence-corrected chi connectivity index (χ4v) is 5.31. The molecule has 32 heavy (non-hydrogen) atoms. The molecule has 2 aromatic heterocycles. The molecule has 0 spiro atoms. The first-order valence-electron chi connectivity index (χ1n) is 11.6. The first kappa shape index (κ1) is 20.8. The number of methoxy groups -OCH3 is 1. The van der Waals surface area contributed by atoms with E-state index in [1.165, 1.54) is 12.8 Å². The second-order valence-electron chi connectivity index (χ2n) is 8.91. The van der Waals surface area contributed by atoms with Gasteiger partial charge in [0, 0.05) is 42.7 Å². The third kappa shape index (κ3) is 3.49. The average Bonchev–Trinajstić information content (AvgIpc) is 3.46. The summed E-state index contributed by atoms with van der Waals surface area (Å²) in [6.07, 6.45) is 6.47. The first-order valence-corrected chi connectivity index (χ1v) is 11.6. The fraction of sp³-hybridized carbons (Fsp3) is 0.480. The molecule has 5 rings (SSSR count). The number of aromatic nitrogens is 4. The predicted octanol–water partition coefficient (Wildman–Crippen LogP) is 4.40. The van der Waals surface area contributed by atoms with E-state index in [0.29, 0.717) is 0 Å². The van der Waals surface area contributed by atoms with Crippen LogP contribution in [0.4, 0.5) is 0 Å². The van der Waals surface area contributed by atoms with Crippen molar-refractivity contribution >= 4 is 5.91 Å². The van der Waals surface area contributed by atoms with Gasteiger partial charge in [0.15, 0.2) is 5.82 Å². The lowest BCUT2D eigenvalue weighted by molar-refractivity contribution is 0.0726. The zero-order valence-electron chi connectivity index (χ0n) is 19.2. The van der Waals surface area contributed by atoms with Gasteiger partial charge in [0.2, 0.25) is 0 Å². The largest absolute Gasteiger partial charge is 0.497 e. The summed E-state index contributed by atoms with van der Waals surface area (Å²) in [5, 5.41) is 9.04. The van der Waals surface area contributed by atoms with Crippen LogP contribution in [0.25, 0.3) is 5.69 Å². The summed E-state index contributed by atoms with van der Waals surface area (Å²) in [5.41, 5.74) is 3.74. The third-order valence-electron chi connectivity index (χ3n) is 6.92. The van der Waals surface area contributed by atoms with Gasteiger partial charge in [-0.25, -0.2) is 0 Å². The second kappa shape index (κ2) is 8.45. The van der Waals surface area contributed by atoms with Gasteiger partial charge in [-0.1, -0.05) is 12.5 Å². The number of likely N-dealkylation sites (tertiary alicyclic amines) is 1. The quantitative estimate of drug-likeness (QED) is 0.612. The van der Waals surface area contributed by atoms with Crippen molar-refractivity contribution in [3.8, 4) is 11.4 Å². The van der Waals surface area contributed by atoms with Crippen LogP contribution in [0, 0.1) is 13.8 Å². The Bertz CT molecular complexity index is 1150. The number of carbonyl (C=O) groups is 1. The molecule has 0 N–H and O–H groups in total. The average molecular weight is 434 g/mol. The minimum atomic E-state index is 0.00160. The highest BCUT2D eigenvalue weighted by molar-refractivity contribution is 5.96. The fourth-order valence-electron chi connectivity index (χ4n) is 5.31. The molecule has 4 heterocycles. The SMILES string of the molecule is COc1cccc(-n2c(C)cc(C(=O)N3CCCC3c3nnc4n3CCCCC4)c2C)c1. The highest BCUT2D eigenvalue weighted by Crippen LogP contribution is 2.35. The van der Waals surface area contributed by atoms with E-state index in [0.717, 1.165) is 78.8 Å². The molecule has 0 aliphatic carbocycles. The summed E-state index contributed by atoms with van der Waals surface area (Å²) < 4.78 is 9.81. The lowest BCUT2D eigenvalue weighted by atomic mass is 10.1. The number of carbonyl (C=O) groups excluding carboxylic acids is 1. The lowest BCUT2D eigenvalue weighted by Crippen LogP contribution is -2.32. The van der Waals surface area contributed by atoms with E-state index in [1.807, 2.05) is 49.1 Å². The number of rotatable bonds is 4. The number of nitrogens with zero attached hydrogens (tertiary/aromatic N) is 5. The van der Waals surface area contributed by atoms with E-state index in [4.69, 9.17) is 4.74 Å². The van der Waals surface area contributed by atoms with Crippen molar-refractivity contribution in [2.75, 3.05) is 13.7 Å². The maximum Gasteiger partial charge on any atom is 0.256 e. The van der Waals surface area contributed by atoms with Crippen molar-refractivity contribution in [2.45, 2.75) is 65.0 Å². The van der Waals surface area contributed by atoms with Gasteiger partial charge in [0.05, 0.1) is 18.7 Å². The molecule has 1 atom stereocenters. The van der Waals surface area contributed by atoms with Crippen LogP contribution in [-0.4, -0.2) is 43.8 Å². The van der Waals surface area contributed by atoms with Gasteiger partial charge in [-0.3, -0.25) is 4.79 Å². The molecule has 7 nitrogen and oxygen atoms in total. The molecule has 0 radical (unpaired) electrons. The molecule has 0 saturated carbocycles. The van der Waals surface area contributed by atoms with Crippen LogP contribution in [0.5, 0.6) is 5.75 Å². The van der Waals surface area contributed by atoms with Crippen molar-refractivity contribution in [1.29, 1.82) is 0 Å². The first-order chi connectivity index (χ1) is 15.6. The predicted molar refractivity (Wildman–Crippen MR) is 122 cm³/mol. The van der Waals surface area contributed by atoms with Crippen molar-refractivity contribution in [1.82, 2.24) is 24.2 Å². The molecule has 2 aliphatic rings. The molecule has 1 unspecified atom stereocenters. The minimum absolute atomic E-state index is 0.00160. The number of amides is 1. The maximum atomic E-state index is 13.8. The summed E-state index contributed by atoms with van der Waals surface area (Å²) in [7, 11) is 1.67. The Hall–Kier alpha value is -3.09. The summed E-state index contributed by atoms with van der Waals surface area (Å²) in [4.78, 5) is 15.8. The number of hydrogen-bond acceptors (Lipinski definition) is 4. The van der Waals surface area contributed by atoms with Gasteiger partial charge < -0.3 is 18.8 Å². The third-order valence-corrected chi connectivity index (χ3v) is 6.92. The summed E-state index contributed by atoms with van der Waals surface area (Å²) in [6.45, 7) is 5.78. The zero-order chi connectivity index (χ0) is 22.2. The van der Waals surface area contributed by atoms with Crippen LogP contribution in [0.1, 0.15) is 71.5 Å². The van der Waals surface area contributed by atoms with Crippen molar-refractivity contribution in [2.24, 2.45) is 0 Å². The molecule has 1 amide bonds. The molecule has 168 valence electrons. The number of ether oxygens (including phenoxy) is 1. The molecular weight excluding hydrogens is 402 g/mol. The Kier molecular flexibility index (Phi) is 5.49. The highest BCUT2D eigenvalue weighted by atomic mass is 16.5. The second-order valence-corrected chi connectivity index (χ2v) is 8.91. The zero-order valence-corrected chi connectivity index (χ0v) is 19.2. The molecule has 0 bridgehead atoms. The van der Waals surface area contributed by atoms with Crippen LogP contribution in [0.15, 0.2) is 30.3 Å². The standard InChI is InChI=1S/C25H31N5O2/c1-17-15-21(18(2)30(17)19-9-7-10-20(16-19)32-3)25(31)28-14-8-11-22(28)24-27-26-23-12-5-4-6-13-29(23)24/h7,9-10,15-16,22H,4-6,8,11-14H2,1-3H3. The van der Waals surface area contributed by atoms with Crippen LogP contribution in [-0.2, 0) is 13.0 Å². The van der Waals surface area contributed by atoms with E-state index in [2.05, 4.69) is 19.3 Å². The molecule has 2 aliphatic heterocycles. The van der Waals surface area contributed by atoms with Gasteiger partial charge in [-0.2, -0.15) is 0 Å². The van der Waals surface area contributed by atoms with Gasteiger partial charge in [0.1, 0.15) is 11.6 Å².